The van der Waals surface area contributed by atoms with Gasteiger partial charge >= 0.3 is 0 Å². The van der Waals surface area contributed by atoms with E-state index >= 15 is 0 Å². The number of amides is 1. The molecule has 0 bridgehead atoms. The van der Waals surface area contributed by atoms with Crippen LogP contribution in [-0.4, -0.2) is 58.2 Å². The molecule has 3 heterocycles. The molecule has 3 rings (SSSR count). The number of likely N-dealkylation sites (tertiary alicyclic amines) is 1. The molecule has 0 saturated carbocycles. The van der Waals surface area contributed by atoms with Crippen LogP contribution in [0.1, 0.15) is 17.3 Å². The van der Waals surface area contributed by atoms with Crippen molar-refractivity contribution in [3.8, 4) is 6.07 Å². The summed E-state index contributed by atoms with van der Waals surface area (Å²) in [5.41, 5.74) is 2.12. The van der Waals surface area contributed by atoms with Crippen LogP contribution in [-0.2, 0) is 16.6 Å². The monoisotopic (exact) mass is 340 g/mol. The largest absolute Gasteiger partial charge is 0.379 e. The molecule has 0 spiro atoms. The van der Waals surface area contributed by atoms with E-state index in [1.54, 1.807) is 23.5 Å². The third kappa shape index (κ3) is 3.78. The van der Waals surface area contributed by atoms with Gasteiger partial charge < -0.3 is 19.5 Å². The van der Waals surface area contributed by atoms with Crippen LogP contribution < -0.4 is 5.32 Å². The molecule has 1 aliphatic heterocycles. The lowest BCUT2D eigenvalue weighted by atomic mass is 10.0. The maximum atomic E-state index is 12.2. The lowest BCUT2D eigenvalue weighted by Gasteiger charge is -2.19. The SMILES string of the molecule is COCC(=O)N1C[C@@H](Nc2ccc(C#N)nc2)[C@H](c2cn(C)cn2)C1. The molecule has 130 valence electrons. The highest BCUT2D eigenvalue weighted by molar-refractivity contribution is 5.78. The van der Waals surface area contributed by atoms with Crippen LogP contribution in [0.15, 0.2) is 30.9 Å². The molecule has 2 aromatic rings. The first-order valence-corrected chi connectivity index (χ1v) is 7.98. The maximum Gasteiger partial charge on any atom is 0.248 e. The van der Waals surface area contributed by atoms with E-state index in [4.69, 9.17) is 10.00 Å². The number of carbonyl (C=O) groups is 1. The fourth-order valence-electron chi connectivity index (χ4n) is 3.05. The quantitative estimate of drug-likeness (QED) is 0.862. The highest BCUT2D eigenvalue weighted by Crippen LogP contribution is 2.29. The van der Waals surface area contributed by atoms with Crippen molar-refractivity contribution < 1.29 is 9.53 Å². The highest BCUT2D eigenvalue weighted by Gasteiger charge is 2.37. The van der Waals surface area contributed by atoms with Gasteiger partial charge in [0.25, 0.3) is 0 Å². The minimum absolute atomic E-state index is 0.00504. The van der Waals surface area contributed by atoms with Crippen LogP contribution in [0.5, 0.6) is 0 Å². The smallest absolute Gasteiger partial charge is 0.248 e. The molecule has 0 aliphatic carbocycles. The van der Waals surface area contributed by atoms with E-state index in [0.717, 1.165) is 11.4 Å². The number of carbonyl (C=O) groups excluding carboxylic acids is 1. The van der Waals surface area contributed by atoms with Crippen LogP contribution in [0.2, 0.25) is 0 Å². The zero-order valence-corrected chi connectivity index (χ0v) is 14.2. The van der Waals surface area contributed by atoms with Crippen molar-refractivity contribution in [3.05, 3.63) is 42.2 Å². The average molecular weight is 340 g/mol. The van der Waals surface area contributed by atoms with Crippen LogP contribution in [0.25, 0.3) is 0 Å². The van der Waals surface area contributed by atoms with Crippen molar-refractivity contribution >= 4 is 11.6 Å². The summed E-state index contributed by atoms with van der Waals surface area (Å²) in [5, 5.41) is 12.3. The summed E-state index contributed by atoms with van der Waals surface area (Å²) in [5.74, 6) is 0.0309. The third-order valence-electron chi connectivity index (χ3n) is 4.28. The highest BCUT2D eigenvalue weighted by atomic mass is 16.5. The lowest BCUT2D eigenvalue weighted by molar-refractivity contribution is -0.134. The zero-order valence-electron chi connectivity index (χ0n) is 14.2. The second-order valence-electron chi connectivity index (χ2n) is 6.10. The minimum atomic E-state index is -0.0364. The summed E-state index contributed by atoms with van der Waals surface area (Å²) in [6.07, 6.45) is 5.36. The Labute approximate surface area is 146 Å². The van der Waals surface area contributed by atoms with E-state index in [1.807, 2.05) is 29.9 Å². The van der Waals surface area contributed by atoms with Gasteiger partial charge in [0, 0.05) is 39.4 Å². The molecule has 0 radical (unpaired) electrons. The van der Waals surface area contributed by atoms with E-state index in [9.17, 15) is 4.79 Å². The van der Waals surface area contributed by atoms with Gasteiger partial charge in [-0.2, -0.15) is 5.26 Å². The molecule has 8 nitrogen and oxygen atoms in total. The molecule has 1 aliphatic rings. The van der Waals surface area contributed by atoms with E-state index in [1.165, 1.54) is 7.11 Å². The number of nitrogens with zero attached hydrogens (tertiary/aromatic N) is 5. The first-order chi connectivity index (χ1) is 12.1. The Morgan fingerprint density at radius 1 is 1.44 bits per heavy atom. The topological polar surface area (TPSA) is 96.1 Å². The van der Waals surface area contributed by atoms with Crippen molar-refractivity contribution in [1.29, 1.82) is 5.26 Å². The molecule has 1 N–H and O–H groups in total. The van der Waals surface area contributed by atoms with E-state index in [-0.39, 0.29) is 24.5 Å². The summed E-state index contributed by atoms with van der Waals surface area (Å²) in [6, 6.07) is 5.50. The number of ether oxygens (including phenoxy) is 1. The summed E-state index contributed by atoms with van der Waals surface area (Å²) in [7, 11) is 3.44. The number of methoxy groups -OCH3 is 1. The molecule has 1 saturated heterocycles. The number of rotatable bonds is 5. The average Bonchev–Trinajstić information content (AvgIpc) is 3.22. The molecule has 2 atom stereocenters. The molecule has 1 fully saturated rings. The van der Waals surface area contributed by atoms with E-state index in [0.29, 0.717) is 18.8 Å². The van der Waals surface area contributed by atoms with Crippen LogP contribution in [0.4, 0.5) is 5.69 Å². The molecule has 2 aromatic heterocycles. The summed E-state index contributed by atoms with van der Waals surface area (Å²) in [4.78, 5) is 22.5. The first kappa shape index (κ1) is 16.9. The molecule has 25 heavy (non-hydrogen) atoms. The van der Waals surface area contributed by atoms with Gasteiger partial charge in [0.2, 0.25) is 5.91 Å². The van der Waals surface area contributed by atoms with Crippen molar-refractivity contribution in [2.24, 2.45) is 7.05 Å². The van der Waals surface area contributed by atoms with Crippen LogP contribution in [0.3, 0.4) is 0 Å². The third-order valence-corrected chi connectivity index (χ3v) is 4.28. The Morgan fingerprint density at radius 3 is 2.88 bits per heavy atom. The predicted octanol–water partition coefficient (Wildman–Crippen LogP) is 0.740. The fourth-order valence-corrected chi connectivity index (χ4v) is 3.05. The van der Waals surface area contributed by atoms with Gasteiger partial charge in [-0.3, -0.25) is 4.79 Å². The Bertz CT molecular complexity index is 779. The Kier molecular flexibility index (Phi) is 4.95. The standard InChI is InChI=1S/C17H20N6O2/c1-22-8-15(20-11-22)14-7-23(17(24)10-25-2)9-16(14)21-13-4-3-12(5-18)19-6-13/h3-4,6,8,11,14,16,21H,7,9-10H2,1-2H3/t14-,16+/m0/s1. The van der Waals surface area contributed by atoms with Crippen molar-refractivity contribution in [2.45, 2.75) is 12.0 Å². The number of nitriles is 1. The zero-order chi connectivity index (χ0) is 17.8. The van der Waals surface area contributed by atoms with E-state index < -0.39 is 0 Å². The summed E-state index contributed by atoms with van der Waals surface area (Å²) >= 11 is 0. The number of aryl methyl sites for hydroxylation is 1. The number of hydrogen-bond donors (Lipinski definition) is 1. The van der Waals surface area contributed by atoms with Gasteiger partial charge in [0.05, 0.1) is 29.9 Å². The fraction of sp³-hybridized carbons (Fsp3) is 0.412. The normalized spacial score (nSPS) is 19.6. The number of imidazole rings is 1. The van der Waals surface area contributed by atoms with Gasteiger partial charge in [-0.05, 0) is 12.1 Å². The maximum absolute atomic E-state index is 12.2. The van der Waals surface area contributed by atoms with Gasteiger partial charge in [-0.1, -0.05) is 0 Å². The second-order valence-corrected chi connectivity index (χ2v) is 6.10. The molecule has 8 heteroatoms. The number of hydrogen-bond acceptors (Lipinski definition) is 6. The second kappa shape index (κ2) is 7.32. The van der Waals surface area contributed by atoms with Gasteiger partial charge in [0.1, 0.15) is 18.4 Å². The van der Waals surface area contributed by atoms with Crippen LogP contribution >= 0.6 is 0 Å². The van der Waals surface area contributed by atoms with Crippen LogP contribution in [0, 0.1) is 11.3 Å². The van der Waals surface area contributed by atoms with Gasteiger partial charge in [-0.25, -0.2) is 9.97 Å². The van der Waals surface area contributed by atoms with Crippen molar-refractivity contribution in [3.63, 3.8) is 0 Å². The lowest BCUT2D eigenvalue weighted by Crippen LogP contribution is -2.34. The van der Waals surface area contributed by atoms with Crippen molar-refractivity contribution in [2.75, 3.05) is 32.1 Å². The summed E-state index contributed by atoms with van der Waals surface area (Å²) < 4.78 is 6.87. The predicted molar refractivity (Wildman–Crippen MR) is 90.8 cm³/mol. The minimum Gasteiger partial charge on any atom is -0.379 e. The van der Waals surface area contributed by atoms with E-state index in [2.05, 4.69) is 15.3 Å². The number of aromatic nitrogens is 3. The summed E-state index contributed by atoms with van der Waals surface area (Å²) in [6.45, 7) is 1.21. The Hall–Kier alpha value is -2.92. The van der Waals surface area contributed by atoms with Gasteiger partial charge in [-0.15, -0.1) is 0 Å². The molecular weight excluding hydrogens is 320 g/mol. The molecule has 0 unspecified atom stereocenters. The molecule has 0 aromatic carbocycles. The van der Waals surface area contributed by atoms with Gasteiger partial charge in [0.15, 0.2) is 0 Å². The number of anilines is 1. The van der Waals surface area contributed by atoms with Crippen molar-refractivity contribution in [1.82, 2.24) is 19.4 Å². The Morgan fingerprint density at radius 2 is 2.28 bits per heavy atom. The number of pyridine rings is 1. The molecular formula is C17H20N6O2. The number of nitrogens with one attached hydrogen (secondary N) is 1. The first-order valence-electron chi connectivity index (χ1n) is 7.98. The molecule has 1 amide bonds. The Balaban J connectivity index is 1.79.